The summed E-state index contributed by atoms with van der Waals surface area (Å²) in [6.07, 6.45) is 0. The van der Waals surface area contributed by atoms with Gasteiger partial charge in [-0.05, 0) is 32.9 Å². The first-order valence-corrected chi connectivity index (χ1v) is 4.36. The molecule has 0 spiro atoms. The van der Waals surface area contributed by atoms with E-state index in [-0.39, 0.29) is 31.7 Å². The van der Waals surface area contributed by atoms with Gasteiger partial charge < -0.3 is 6.74 Å². The zero-order valence-corrected chi connectivity index (χ0v) is 9.29. The summed E-state index contributed by atoms with van der Waals surface area (Å²) < 4.78 is 0. The molecule has 0 aliphatic carbocycles. The molecule has 1 rings (SSSR count). The van der Waals surface area contributed by atoms with Crippen molar-refractivity contribution in [2.75, 3.05) is 0 Å². The van der Waals surface area contributed by atoms with Gasteiger partial charge in [-0.25, -0.2) is 0 Å². The van der Waals surface area contributed by atoms with Crippen molar-refractivity contribution in [1.29, 1.82) is 0 Å². The van der Waals surface area contributed by atoms with Crippen LogP contribution in [-0.4, -0.2) is 11.4 Å². The van der Waals surface area contributed by atoms with E-state index >= 15 is 0 Å². The third kappa shape index (κ3) is 4.50. The van der Waals surface area contributed by atoms with Crippen LogP contribution in [0.25, 0.3) is 0 Å². The minimum Gasteiger partial charge on any atom is -1.00 e. The van der Waals surface area contributed by atoms with Gasteiger partial charge >= 0.3 is 18.9 Å². The Morgan fingerprint density at radius 1 is 1.21 bits per heavy atom. The van der Waals surface area contributed by atoms with Crippen LogP contribution < -0.4 is 24.2 Å². The van der Waals surface area contributed by atoms with Crippen molar-refractivity contribution in [2.24, 2.45) is 0 Å². The van der Waals surface area contributed by atoms with E-state index in [0.717, 1.165) is 0 Å². The van der Waals surface area contributed by atoms with Crippen LogP contribution in [0.5, 0.6) is 0 Å². The number of hydrogen-bond donors (Lipinski definition) is 1. The number of benzene rings is 1. The fourth-order valence-electron chi connectivity index (χ4n) is 1.00. The van der Waals surface area contributed by atoms with Gasteiger partial charge in [0.15, 0.2) is 0 Å². The molecule has 0 aliphatic rings. The molecule has 0 unspecified atom stereocenters. The minimum atomic E-state index is -0.174. The van der Waals surface area contributed by atoms with Crippen LogP contribution in [0, 0.1) is 0 Å². The van der Waals surface area contributed by atoms with Crippen molar-refractivity contribution >= 4 is 5.91 Å². The number of amides is 1. The summed E-state index contributed by atoms with van der Waals surface area (Å²) in [5.74, 6) is -0.0203. The van der Waals surface area contributed by atoms with Gasteiger partial charge in [0, 0.05) is 11.1 Å². The summed E-state index contributed by atoms with van der Waals surface area (Å²) >= 11 is 0. The Labute approximate surface area is 98.7 Å². The van der Waals surface area contributed by atoms with Crippen molar-refractivity contribution in [2.45, 2.75) is 26.3 Å². The standard InChI is InChI=1S/C11H15NO.Li.H/c1-11(2,3)12-10(13)9-7-5-4-6-8-9;;/h4-8H,1-3H3,(H,12,13);;/q;+1;-1. The molecule has 0 heterocycles. The zero-order chi connectivity index (χ0) is 9.90. The molecule has 1 aromatic rings. The average Bonchev–Trinajstić information content (AvgIpc) is 2.03. The molecular weight excluding hydrogens is 169 g/mol. The molecule has 3 heteroatoms. The first kappa shape index (κ1) is 13.3. The van der Waals surface area contributed by atoms with Gasteiger partial charge in [0.25, 0.3) is 5.91 Å². The molecule has 0 fully saturated rings. The molecule has 0 atom stereocenters. The first-order chi connectivity index (χ1) is 5.99. The number of carbonyl (C=O) groups excluding carboxylic acids is 1. The fourth-order valence-corrected chi connectivity index (χ4v) is 1.00. The maximum Gasteiger partial charge on any atom is 1.00 e. The minimum absolute atomic E-state index is 0. The van der Waals surface area contributed by atoms with Crippen LogP contribution in [0.4, 0.5) is 0 Å². The van der Waals surface area contributed by atoms with Crippen LogP contribution in [0.15, 0.2) is 30.3 Å². The molecule has 1 amide bonds. The van der Waals surface area contributed by atoms with Crippen molar-refractivity contribution in [1.82, 2.24) is 5.32 Å². The molecular formula is C11H16LiNO. The second kappa shape index (κ2) is 5.24. The van der Waals surface area contributed by atoms with Crippen molar-refractivity contribution in [3.63, 3.8) is 0 Å². The zero-order valence-electron chi connectivity index (χ0n) is 10.3. The Kier molecular flexibility index (Phi) is 4.97. The largest absolute Gasteiger partial charge is 1.00 e. The third-order valence-corrected chi connectivity index (χ3v) is 1.52. The van der Waals surface area contributed by atoms with Gasteiger partial charge in [-0.15, -0.1) is 0 Å². The maximum atomic E-state index is 11.5. The number of hydrogen-bond acceptors (Lipinski definition) is 1. The van der Waals surface area contributed by atoms with E-state index in [4.69, 9.17) is 0 Å². The summed E-state index contributed by atoms with van der Waals surface area (Å²) in [7, 11) is 0. The molecule has 72 valence electrons. The Balaban J connectivity index is 0. The topological polar surface area (TPSA) is 29.1 Å². The van der Waals surface area contributed by atoms with Gasteiger partial charge in [-0.1, -0.05) is 18.2 Å². The summed E-state index contributed by atoms with van der Waals surface area (Å²) in [4.78, 5) is 11.5. The maximum absolute atomic E-state index is 11.5. The molecule has 0 bridgehead atoms. The summed E-state index contributed by atoms with van der Waals surface area (Å²) in [5, 5.41) is 2.90. The summed E-state index contributed by atoms with van der Waals surface area (Å²) in [6, 6.07) is 9.23. The summed E-state index contributed by atoms with van der Waals surface area (Å²) in [5.41, 5.74) is 0.532. The number of rotatable bonds is 1. The molecule has 0 saturated carbocycles. The molecule has 1 N–H and O–H groups in total. The van der Waals surface area contributed by atoms with E-state index in [9.17, 15) is 4.79 Å². The smallest absolute Gasteiger partial charge is 1.00 e. The van der Waals surface area contributed by atoms with Gasteiger partial charge in [-0.2, -0.15) is 0 Å². The predicted octanol–water partition coefficient (Wildman–Crippen LogP) is -0.669. The first-order valence-electron chi connectivity index (χ1n) is 4.36. The van der Waals surface area contributed by atoms with Crippen LogP contribution in [0.2, 0.25) is 0 Å². The van der Waals surface area contributed by atoms with Crippen LogP contribution >= 0.6 is 0 Å². The molecule has 0 aliphatic heterocycles. The monoisotopic (exact) mass is 185 g/mol. The van der Waals surface area contributed by atoms with Gasteiger partial charge in [0.05, 0.1) is 0 Å². The van der Waals surface area contributed by atoms with E-state index in [1.165, 1.54) is 0 Å². The predicted molar refractivity (Wildman–Crippen MR) is 54.8 cm³/mol. The second-order valence-electron chi connectivity index (χ2n) is 4.07. The SMILES string of the molecule is CC(C)(C)NC(=O)c1ccccc1.[H-].[Li+]. The number of carbonyl (C=O) groups is 1. The Hall–Kier alpha value is -0.713. The van der Waals surface area contributed by atoms with Crippen LogP contribution in [0.3, 0.4) is 0 Å². The van der Waals surface area contributed by atoms with Crippen LogP contribution in [-0.2, 0) is 0 Å². The van der Waals surface area contributed by atoms with E-state index in [1.807, 2.05) is 39.0 Å². The Morgan fingerprint density at radius 3 is 2.14 bits per heavy atom. The molecule has 2 nitrogen and oxygen atoms in total. The number of nitrogens with one attached hydrogen (secondary N) is 1. The van der Waals surface area contributed by atoms with Crippen molar-refractivity contribution in [3.8, 4) is 0 Å². The van der Waals surface area contributed by atoms with Crippen molar-refractivity contribution in [3.05, 3.63) is 35.9 Å². The molecule has 0 saturated heterocycles. The molecule has 1 aromatic carbocycles. The second-order valence-corrected chi connectivity index (χ2v) is 4.07. The normalized spacial score (nSPS) is 10.2. The summed E-state index contributed by atoms with van der Waals surface area (Å²) in [6.45, 7) is 5.90. The molecule has 0 radical (unpaired) electrons. The molecule has 14 heavy (non-hydrogen) atoms. The van der Waals surface area contributed by atoms with E-state index in [1.54, 1.807) is 12.1 Å². The van der Waals surface area contributed by atoms with E-state index in [2.05, 4.69) is 5.32 Å². The van der Waals surface area contributed by atoms with Gasteiger partial charge in [-0.3, -0.25) is 4.79 Å². The van der Waals surface area contributed by atoms with E-state index in [0.29, 0.717) is 5.56 Å². The third-order valence-electron chi connectivity index (χ3n) is 1.52. The fraction of sp³-hybridized carbons (Fsp3) is 0.364. The van der Waals surface area contributed by atoms with Gasteiger partial charge in [0.2, 0.25) is 0 Å². The van der Waals surface area contributed by atoms with Gasteiger partial charge in [0.1, 0.15) is 0 Å². The van der Waals surface area contributed by atoms with E-state index < -0.39 is 0 Å². The molecule has 0 aromatic heterocycles. The Morgan fingerprint density at radius 2 is 1.71 bits per heavy atom. The van der Waals surface area contributed by atoms with Crippen LogP contribution in [0.1, 0.15) is 32.6 Å². The quantitative estimate of drug-likeness (QED) is 0.578. The Bertz CT molecular complexity index is 295. The average molecular weight is 185 g/mol. The van der Waals surface area contributed by atoms with Crippen molar-refractivity contribution < 1.29 is 25.1 Å².